The SMILES string of the molecule is COCC1CCS(=O)(=O)C12CN(Cc1c(C)noc1C)C2. The molecule has 6 nitrogen and oxygen atoms in total. The number of hydrogen-bond acceptors (Lipinski definition) is 6. The maximum atomic E-state index is 12.4. The van der Waals surface area contributed by atoms with Crippen molar-refractivity contribution >= 4 is 9.84 Å². The third-order valence-corrected chi connectivity index (χ3v) is 7.62. The average molecular weight is 314 g/mol. The summed E-state index contributed by atoms with van der Waals surface area (Å²) >= 11 is 0. The summed E-state index contributed by atoms with van der Waals surface area (Å²) in [6.45, 7) is 6.23. The first kappa shape index (κ1) is 15.0. The van der Waals surface area contributed by atoms with Crippen LogP contribution in [0.1, 0.15) is 23.4 Å². The topological polar surface area (TPSA) is 72.6 Å². The minimum absolute atomic E-state index is 0.119. The number of aryl methyl sites for hydroxylation is 2. The molecule has 0 bridgehead atoms. The third kappa shape index (κ3) is 2.22. The van der Waals surface area contributed by atoms with Crippen LogP contribution in [0.15, 0.2) is 4.52 Å². The van der Waals surface area contributed by atoms with E-state index >= 15 is 0 Å². The largest absolute Gasteiger partial charge is 0.384 e. The highest BCUT2D eigenvalue weighted by atomic mass is 32.2. The molecule has 1 spiro atoms. The standard InChI is InChI=1S/C14H22N2O4S/c1-10-13(11(2)20-15-10)6-16-8-14(9-16)12(7-19-3)4-5-21(14,17)18/h12H,4-9H2,1-3H3. The summed E-state index contributed by atoms with van der Waals surface area (Å²) in [5.41, 5.74) is 1.96. The van der Waals surface area contributed by atoms with Crippen molar-refractivity contribution < 1.29 is 17.7 Å². The Morgan fingerprint density at radius 1 is 1.43 bits per heavy atom. The highest BCUT2D eigenvalue weighted by Crippen LogP contribution is 2.45. The van der Waals surface area contributed by atoms with Gasteiger partial charge in [-0.05, 0) is 20.3 Å². The zero-order valence-corrected chi connectivity index (χ0v) is 13.6. The summed E-state index contributed by atoms with van der Waals surface area (Å²) in [7, 11) is -1.38. The van der Waals surface area contributed by atoms with E-state index in [1.54, 1.807) is 7.11 Å². The van der Waals surface area contributed by atoms with Gasteiger partial charge in [-0.15, -0.1) is 0 Å². The van der Waals surface area contributed by atoms with Crippen LogP contribution >= 0.6 is 0 Å². The molecule has 3 rings (SSSR count). The average Bonchev–Trinajstić information content (AvgIpc) is 2.82. The van der Waals surface area contributed by atoms with Gasteiger partial charge >= 0.3 is 0 Å². The monoisotopic (exact) mass is 314 g/mol. The second kappa shape index (κ2) is 5.07. The number of likely N-dealkylation sites (tertiary alicyclic amines) is 1. The van der Waals surface area contributed by atoms with E-state index < -0.39 is 14.6 Å². The van der Waals surface area contributed by atoms with Crippen LogP contribution in [-0.2, 0) is 21.1 Å². The van der Waals surface area contributed by atoms with Gasteiger partial charge in [-0.1, -0.05) is 5.16 Å². The minimum Gasteiger partial charge on any atom is -0.384 e. The van der Waals surface area contributed by atoms with Crippen LogP contribution in [0.2, 0.25) is 0 Å². The van der Waals surface area contributed by atoms with Crippen LogP contribution in [0, 0.1) is 19.8 Å². The van der Waals surface area contributed by atoms with Crippen LogP contribution < -0.4 is 0 Å². The molecule has 0 radical (unpaired) electrons. The van der Waals surface area contributed by atoms with Gasteiger partial charge in [0.15, 0.2) is 9.84 Å². The number of aromatic nitrogens is 1. The van der Waals surface area contributed by atoms with Crippen LogP contribution in [0.3, 0.4) is 0 Å². The highest BCUT2D eigenvalue weighted by molar-refractivity contribution is 7.93. The molecule has 2 aliphatic heterocycles. The molecule has 7 heteroatoms. The van der Waals surface area contributed by atoms with Crippen molar-refractivity contribution in [1.82, 2.24) is 10.1 Å². The molecule has 0 aromatic carbocycles. The molecule has 2 aliphatic rings. The predicted octanol–water partition coefficient (Wildman–Crippen LogP) is 0.927. The Morgan fingerprint density at radius 3 is 2.71 bits per heavy atom. The quantitative estimate of drug-likeness (QED) is 0.823. The second-order valence-corrected chi connectivity index (χ2v) is 8.72. The highest BCUT2D eigenvalue weighted by Gasteiger charge is 2.61. The lowest BCUT2D eigenvalue weighted by atomic mass is 9.83. The normalized spacial score (nSPS) is 27.1. The molecule has 0 amide bonds. The molecule has 1 atom stereocenters. The van der Waals surface area contributed by atoms with Gasteiger partial charge < -0.3 is 9.26 Å². The molecule has 1 unspecified atom stereocenters. The minimum atomic E-state index is -3.01. The fourth-order valence-corrected chi connectivity index (χ4v) is 6.14. The van der Waals surface area contributed by atoms with Crippen molar-refractivity contribution in [3.63, 3.8) is 0 Å². The van der Waals surface area contributed by atoms with Gasteiger partial charge in [-0.3, -0.25) is 4.90 Å². The third-order valence-electron chi connectivity index (χ3n) is 5.01. The lowest BCUT2D eigenvalue weighted by molar-refractivity contribution is 0.0408. The molecule has 2 fully saturated rings. The van der Waals surface area contributed by atoms with E-state index in [1.807, 2.05) is 13.8 Å². The Hall–Kier alpha value is -0.920. The number of methoxy groups -OCH3 is 1. The maximum Gasteiger partial charge on any atom is 0.158 e. The van der Waals surface area contributed by atoms with E-state index in [4.69, 9.17) is 9.26 Å². The van der Waals surface area contributed by atoms with Crippen molar-refractivity contribution in [3.8, 4) is 0 Å². The Kier molecular flexibility index (Phi) is 3.62. The molecule has 21 heavy (non-hydrogen) atoms. The number of hydrogen-bond donors (Lipinski definition) is 0. The Morgan fingerprint density at radius 2 is 2.14 bits per heavy atom. The summed E-state index contributed by atoms with van der Waals surface area (Å²) in [4.78, 5) is 2.16. The zero-order chi connectivity index (χ0) is 15.3. The van der Waals surface area contributed by atoms with Crippen molar-refractivity contribution in [3.05, 3.63) is 17.0 Å². The van der Waals surface area contributed by atoms with Crippen molar-refractivity contribution in [2.75, 3.05) is 32.6 Å². The van der Waals surface area contributed by atoms with Crippen molar-refractivity contribution in [2.45, 2.75) is 31.6 Å². The fourth-order valence-electron chi connectivity index (χ4n) is 3.68. The van der Waals surface area contributed by atoms with Gasteiger partial charge in [0, 0.05) is 38.2 Å². The second-order valence-electron chi connectivity index (χ2n) is 6.27. The van der Waals surface area contributed by atoms with E-state index in [0.717, 1.165) is 23.4 Å². The number of ether oxygens (including phenoxy) is 1. The van der Waals surface area contributed by atoms with Crippen molar-refractivity contribution in [1.29, 1.82) is 0 Å². The summed E-state index contributed by atoms with van der Waals surface area (Å²) in [5.74, 6) is 1.23. The van der Waals surface area contributed by atoms with Crippen LogP contribution in [0.5, 0.6) is 0 Å². The van der Waals surface area contributed by atoms with Crippen molar-refractivity contribution in [2.24, 2.45) is 5.92 Å². The lowest BCUT2D eigenvalue weighted by Gasteiger charge is -2.50. The van der Waals surface area contributed by atoms with Crippen LogP contribution in [0.25, 0.3) is 0 Å². The Labute approximate surface area is 125 Å². The summed E-state index contributed by atoms with van der Waals surface area (Å²) in [6, 6.07) is 0. The molecule has 0 saturated carbocycles. The van der Waals surface area contributed by atoms with Gasteiger partial charge in [-0.2, -0.15) is 0 Å². The molecule has 2 saturated heterocycles. The summed E-state index contributed by atoms with van der Waals surface area (Å²) in [5, 5.41) is 3.95. The molecular formula is C14H22N2O4S. The fraction of sp³-hybridized carbons (Fsp3) is 0.786. The number of nitrogens with zero attached hydrogens (tertiary/aromatic N) is 2. The Balaban J connectivity index is 1.73. The van der Waals surface area contributed by atoms with Crippen LogP contribution in [0.4, 0.5) is 0 Å². The van der Waals surface area contributed by atoms with E-state index in [0.29, 0.717) is 32.0 Å². The van der Waals surface area contributed by atoms with Gasteiger partial charge in [0.25, 0.3) is 0 Å². The number of sulfone groups is 1. The van der Waals surface area contributed by atoms with Gasteiger partial charge in [-0.25, -0.2) is 8.42 Å². The first-order valence-corrected chi connectivity index (χ1v) is 8.90. The Bertz CT molecular complexity index is 612. The molecule has 1 aromatic rings. The van der Waals surface area contributed by atoms with Gasteiger partial charge in [0.05, 0.1) is 18.1 Å². The maximum absolute atomic E-state index is 12.4. The summed E-state index contributed by atoms with van der Waals surface area (Å²) in [6.07, 6.45) is 0.718. The van der Waals surface area contributed by atoms with E-state index in [9.17, 15) is 8.42 Å². The zero-order valence-electron chi connectivity index (χ0n) is 12.8. The molecule has 1 aromatic heterocycles. The molecule has 118 valence electrons. The molecule has 3 heterocycles. The number of rotatable bonds is 4. The smallest absolute Gasteiger partial charge is 0.158 e. The van der Waals surface area contributed by atoms with E-state index in [2.05, 4.69) is 10.1 Å². The van der Waals surface area contributed by atoms with Gasteiger partial charge in [0.1, 0.15) is 10.5 Å². The molecule has 0 aliphatic carbocycles. The first-order chi connectivity index (χ1) is 9.89. The molecular weight excluding hydrogens is 292 g/mol. The van der Waals surface area contributed by atoms with Gasteiger partial charge in [0.2, 0.25) is 0 Å². The molecule has 0 N–H and O–H groups in total. The van der Waals surface area contributed by atoms with E-state index in [1.165, 1.54) is 0 Å². The van der Waals surface area contributed by atoms with Crippen LogP contribution in [-0.4, -0.2) is 55.8 Å². The first-order valence-electron chi connectivity index (χ1n) is 7.25. The predicted molar refractivity (Wildman–Crippen MR) is 77.8 cm³/mol. The lowest BCUT2D eigenvalue weighted by Crippen LogP contribution is -2.67. The van der Waals surface area contributed by atoms with E-state index in [-0.39, 0.29) is 5.92 Å². The summed E-state index contributed by atoms with van der Waals surface area (Å²) < 4.78 is 34.6.